The first-order chi connectivity index (χ1) is 11.6. The van der Waals surface area contributed by atoms with E-state index in [2.05, 4.69) is 0 Å². The Balaban J connectivity index is 2.30. The number of likely N-dealkylation sites (N-methyl/N-ethyl adjacent to an activating group) is 2. The molecular formula is C16H23F3N4O2. The van der Waals surface area contributed by atoms with Crippen molar-refractivity contribution in [3.8, 4) is 5.75 Å². The smallest absolute Gasteiger partial charge is 0.471 e. The summed E-state index contributed by atoms with van der Waals surface area (Å²) in [5, 5.41) is 1.90. The average Bonchev–Trinajstić information content (AvgIpc) is 3.30. The van der Waals surface area contributed by atoms with Crippen LogP contribution in [0.4, 0.5) is 30.2 Å². The summed E-state index contributed by atoms with van der Waals surface area (Å²) in [6, 6.07) is 2.89. The van der Waals surface area contributed by atoms with Crippen LogP contribution in [0.15, 0.2) is 12.1 Å². The highest BCUT2D eigenvalue weighted by molar-refractivity contribution is 5.99. The van der Waals surface area contributed by atoms with E-state index in [0.29, 0.717) is 24.5 Å². The minimum absolute atomic E-state index is 0.00391. The standard InChI is InChI=1S/C16H23F3N4O2/c1-22(2)6-7-23(3)13-9-14(25-10-4-5-10)11(20)8-12(13)21-15(24)16(17,18)19/h8-10H,4-7,20H2,1-3H3,(H,21,24). The number of hydrogen-bond donors (Lipinski definition) is 2. The van der Waals surface area contributed by atoms with Crippen molar-refractivity contribution in [3.63, 3.8) is 0 Å². The molecule has 6 nitrogen and oxygen atoms in total. The Morgan fingerprint density at radius 1 is 1.28 bits per heavy atom. The molecular weight excluding hydrogens is 337 g/mol. The summed E-state index contributed by atoms with van der Waals surface area (Å²) < 4.78 is 43.5. The SMILES string of the molecule is CN(C)CCN(C)c1cc(OC2CC2)c(N)cc1NC(=O)C(F)(F)F. The van der Waals surface area contributed by atoms with Gasteiger partial charge in [-0.1, -0.05) is 0 Å². The van der Waals surface area contributed by atoms with Crippen LogP contribution in [0.2, 0.25) is 0 Å². The van der Waals surface area contributed by atoms with Crippen molar-refractivity contribution in [2.24, 2.45) is 0 Å². The summed E-state index contributed by atoms with van der Waals surface area (Å²) in [7, 11) is 5.52. The summed E-state index contributed by atoms with van der Waals surface area (Å²) in [6.07, 6.45) is -3.02. The van der Waals surface area contributed by atoms with Crippen LogP contribution in [-0.4, -0.2) is 57.3 Å². The molecule has 0 bridgehead atoms. The average molecular weight is 360 g/mol. The van der Waals surface area contributed by atoms with Gasteiger partial charge in [0.15, 0.2) is 0 Å². The fourth-order valence-corrected chi connectivity index (χ4v) is 2.13. The van der Waals surface area contributed by atoms with Crippen molar-refractivity contribution >= 4 is 23.0 Å². The Labute approximate surface area is 144 Å². The summed E-state index contributed by atoms with van der Waals surface area (Å²) in [6.45, 7) is 1.24. The van der Waals surface area contributed by atoms with Crippen LogP contribution in [0, 0.1) is 0 Å². The molecule has 0 radical (unpaired) electrons. The van der Waals surface area contributed by atoms with Gasteiger partial charge in [0.2, 0.25) is 0 Å². The van der Waals surface area contributed by atoms with E-state index in [4.69, 9.17) is 10.5 Å². The zero-order chi connectivity index (χ0) is 18.8. The highest BCUT2D eigenvalue weighted by atomic mass is 19.4. The summed E-state index contributed by atoms with van der Waals surface area (Å²) in [4.78, 5) is 15.0. The van der Waals surface area contributed by atoms with Gasteiger partial charge in [-0.05, 0) is 33.0 Å². The van der Waals surface area contributed by atoms with Gasteiger partial charge in [-0.3, -0.25) is 4.79 Å². The number of carbonyl (C=O) groups is 1. The molecule has 0 spiro atoms. The molecule has 1 aromatic rings. The lowest BCUT2D eigenvalue weighted by Crippen LogP contribution is -2.32. The fraction of sp³-hybridized carbons (Fsp3) is 0.562. The molecule has 0 unspecified atom stereocenters. The number of hydrogen-bond acceptors (Lipinski definition) is 5. The predicted octanol–water partition coefficient (Wildman–Crippen LogP) is 2.31. The van der Waals surface area contributed by atoms with Crippen molar-refractivity contribution < 1.29 is 22.7 Å². The minimum Gasteiger partial charge on any atom is -0.488 e. The number of nitrogen functional groups attached to an aromatic ring is 1. The first-order valence-corrected chi connectivity index (χ1v) is 7.92. The first-order valence-electron chi connectivity index (χ1n) is 7.92. The Hall–Kier alpha value is -2.16. The second-order valence-electron chi connectivity index (χ2n) is 6.40. The highest BCUT2D eigenvalue weighted by Gasteiger charge is 2.39. The van der Waals surface area contributed by atoms with Gasteiger partial charge in [0.05, 0.1) is 23.2 Å². The number of ether oxygens (including phenoxy) is 1. The Morgan fingerprint density at radius 3 is 2.44 bits per heavy atom. The Kier molecular flexibility index (Phi) is 5.66. The number of nitrogens with two attached hydrogens (primary N) is 1. The highest BCUT2D eigenvalue weighted by Crippen LogP contribution is 2.38. The third kappa shape index (κ3) is 5.42. The molecule has 9 heteroatoms. The number of nitrogens with zero attached hydrogens (tertiary/aromatic N) is 2. The van der Waals surface area contributed by atoms with Gasteiger partial charge in [0.1, 0.15) is 5.75 Å². The number of halogens is 3. The largest absolute Gasteiger partial charge is 0.488 e. The quantitative estimate of drug-likeness (QED) is 0.730. The van der Waals surface area contributed by atoms with Crippen molar-refractivity contribution in [2.75, 3.05) is 50.2 Å². The van der Waals surface area contributed by atoms with Crippen molar-refractivity contribution in [3.05, 3.63) is 12.1 Å². The molecule has 0 saturated heterocycles. The number of anilines is 3. The van der Waals surface area contributed by atoms with Crippen molar-refractivity contribution in [1.82, 2.24) is 4.90 Å². The molecule has 25 heavy (non-hydrogen) atoms. The van der Waals surface area contributed by atoms with Crippen LogP contribution in [0.1, 0.15) is 12.8 Å². The maximum absolute atomic E-state index is 12.6. The molecule has 1 aromatic carbocycles. The molecule has 140 valence electrons. The fourth-order valence-electron chi connectivity index (χ4n) is 2.13. The van der Waals surface area contributed by atoms with E-state index in [1.54, 1.807) is 18.0 Å². The van der Waals surface area contributed by atoms with Crippen LogP contribution >= 0.6 is 0 Å². The third-order valence-corrected chi connectivity index (χ3v) is 3.75. The maximum atomic E-state index is 12.6. The molecule has 0 aliphatic heterocycles. The molecule has 1 fully saturated rings. The van der Waals surface area contributed by atoms with E-state index in [1.165, 1.54) is 6.07 Å². The Bertz CT molecular complexity index is 631. The van der Waals surface area contributed by atoms with E-state index >= 15 is 0 Å². The van der Waals surface area contributed by atoms with Crippen LogP contribution in [-0.2, 0) is 4.79 Å². The van der Waals surface area contributed by atoms with E-state index < -0.39 is 12.1 Å². The number of amides is 1. The van der Waals surface area contributed by atoms with Gasteiger partial charge in [-0.25, -0.2) is 0 Å². The lowest BCUT2D eigenvalue weighted by atomic mass is 10.2. The summed E-state index contributed by atoms with van der Waals surface area (Å²) in [5.41, 5.74) is 6.50. The molecule has 2 rings (SSSR count). The van der Waals surface area contributed by atoms with E-state index in [9.17, 15) is 18.0 Å². The van der Waals surface area contributed by atoms with Gasteiger partial charge in [0.25, 0.3) is 0 Å². The van der Waals surface area contributed by atoms with Crippen LogP contribution in [0.5, 0.6) is 5.75 Å². The molecule has 1 amide bonds. The zero-order valence-electron chi connectivity index (χ0n) is 14.5. The summed E-state index contributed by atoms with van der Waals surface area (Å²) in [5.74, 6) is -1.62. The molecule has 0 atom stereocenters. The van der Waals surface area contributed by atoms with Crippen molar-refractivity contribution in [1.29, 1.82) is 0 Å². The lowest BCUT2D eigenvalue weighted by molar-refractivity contribution is -0.167. The van der Waals surface area contributed by atoms with Gasteiger partial charge in [-0.15, -0.1) is 0 Å². The number of alkyl halides is 3. The third-order valence-electron chi connectivity index (χ3n) is 3.75. The van der Waals surface area contributed by atoms with Gasteiger partial charge >= 0.3 is 12.1 Å². The second-order valence-corrected chi connectivity index (χ2v) is 6.40. The molecule has 0 aromatic heterocycles. The van der Waals surface area contributed by atoms with E-state index in [-0.39, 0.29) is 17.5 Å². The van der Waals surface area contributed by atoms with Crippen molar-refractivity contribution in [2.45, 2.75) is 25.1 Å². The minimum atomic E-state index is -4.97. The number of rotatable bonds is 7. The summed E-state index contributed by atoms with van der Waals surface area (Å²) >= 11 is 0. The molecule has 1 saturated carbocycles. The van der Waals surface area contributed by atoms with Gasteiger partial charge < -0.3 is 25.6 Å². The van der Waals surface area contributed by atoms with E-state index in [0.717, 1.165) is 12.8 Å². The topological polar surface area (TPSA) is 70.8 Å². The maximum Gasteiger partial charge on any atom is 0.471 e. The first kappa shape index (κ1) is 19.2. The number of benzene rings is 1. The van der Waals surface area contributed by atoms with Crippen LogP contribution in [0.3, 0.4) is 0 Å². The van der Waals surface area contributed by atoms with E-state index in [1.807, 2.05) is 24.3 Å². The molecule has 1 aliphatic rings. The molecule has 3 N–H and O–H groups in total. The Morgan fingerprint density at radius 2 is 1.92 bits per heavy atom. The number of nitrogens with one attached hydrogen (secondary N) is 1. The predicted molar refractivity (Wildman–Crippen MR) is 91.0 cm³/mol. The van der Waals surface area contributed by atoms with Crippen LogP contribution in [0.25, 0.3) is 0 Å². The second kappa shape index (κ2) is 7.38. The van der Waals surface area contributed by atoms with Gasteiger partial charge in [0, 0.05) is 26.2 Å². The van der Waals surface area contributed by atoms with Crippen LogP contribution < -0.4 is 20.7 Å². The lowest BCUT2D eigenvalue weighted by Gasteiger charge is -2.26. The normalized spacial score (nSPS) is 14.5. The molecule has 1 aliphatic carbocycles. The van der Waals surface area contributed by atoms with Gasteiger partial charge in [-0.2, -0.15) is 13.2 Å². The monoisotopic (exact) mass is 360 g/mol. The zero-order valence-corrected chi connectivity index (χ0v) is 14.5. The number of carbonyl (C=O) groups excluding carboxylic acids is 1. The molecule has 0 heterocycles.